The van der Waals surface area contributed by atoms with Crippen LogP contribution in [0.1, 0.15) is 56.9 Å². The molecule has 0 radical (unpaired) electrons. The Balaban J connectivity index is 1.81. The molecular formula is C25H32FN3O6. The second-order valence-electron chi connectivity index (χ2n) is 9.43. The number of hydrogen-bond donors (Lipinski definition) is 1. The molecule has 1 saturated heterocycles. The number of piperazine rings is 1. The van der Waals surface area contributed by atoms with Gasteiger partial charge < -0.3 is 24.0 Å². The van der Waals surface area contributed by atoms with Crippen molar-refractivity contribution < 1.29 is 28.6 Å². The summed E-state index contributed by atoms with van der Waals surface area (Å²) in [6, 6.07) is 0.517. The summed E-state index contributed by atoms with van der Waals surface area (Å²) >= 11 is 0. The fourth-order valence-electron chi connectivity index (χ4n) is 5.39. The Morgan fingerprint density at radius 2 is 1.86 bits per heavy atom. The van der Waals surface area contributed by atoms with Crippen molar-refractivity contribution in [3.63, 3.8) is 0 Å². The molecule has 2 aromatic rings. The molecule has 1 N–H and O–H groups in total. The highest BCUT2D eigenvalue weighted by molar-refractivity contribution is 5.97. The topological polar surface area (TPSA) is 101 Å². The average Bonchev–Trinajstić information content (AvgIpc) is 3.63. The summed E-state index contributed by atoms with van der Waals surface area (Å²) in [7, 11) is 1.43. The third-order valence-corrected chi connectivity index (χ3v) is 6.95. The molecule has 0 bridgehead atoms. The largest absolute Gasteiger partial charge is 0.492 e. The lowest BCUT2D eigenvalue weighted by Crippen LogP contribution is -2.61. The van der Waals surface area contributed by atoms with Crippen LogP contribution in [0.4, 0.5) is 10.1 Å². The maximum atomic E-state index is 15.6. The third kappa shape index (κ3) is 4.35. The number of rotatable bonds is 7. The van der Waals surface area contributed by atoms with E-state index in [4.69, 9.17) is 9.47 Å². The molecule has 2 aliphatic rings. The van der Waals surface area contributed by atoms with Crippen molar-refractivity contribution in [2.45, 2.75) is 64.7 Å². The molecule has 1 aromatic heterocycles. The molecule has 10 heteroatoms. The van der Waals surface area contributed by atoms with Gasteiger partial charge in [0.05, 0.1) is 24.6 Å². The second kappa shape index (κ2) is 9.49. The standard InChI is InChI=1S/C25H32FN3O6/c1-6-35-25(33)15(4)29-13(2)10-27(11-14(29)3)21-19(26)9-17-20(23(21)34-5)28(16-7-8-16)12-18(22(17)30)24(31)32/h9,12-16H,6-8,10-11H2,1-5H3,(H,31,32)/t13-,14+,15?. The van der Waals surface area contributed by atoms with E-state index in [1.165, 1.54) is 13.3 Å². The first-order valence-corrected chi connectivity index (χ1v) is 12.0. The summed E-state index contributed by atoms with van der Waals surface area (Å²) < 4.78 is 28.3. The highest BCUT2D eigenvalue weighted by Gasteiger charge is 2.38. The minimum atomic E-state index is -1.34. The lowest BCUT2D eigenvalue weighted by Gasteiger charge is -2.47. The zero-order valence-corrected chi connectivity index (χ0v) is 20.7. The molecule has 1 aliphatic heterocycles. The minimum Gasteiger partial charge on any atom is -0.492 e. The molecule has 1 aliphatic carbocycles. The Morgan fingerprint density at radius 1 is 1.23 bits per heavy atom. The predicted molar refractivity (Wildman–Crippen MR) is 129 cm³/mol. The van der Waals surface area contributed by atoms with Gasteiger partial charge in [-0.2, -0.15) is 0 Å². The van der Waals surface area contributed by atoms with E-state index in [9.17, 15) is 19.5 Å². The number of nitrogens with zero attached hydrogens (tertiary/aromatic N) is 3. The highest BCUT2D eigenvalue weighted by atomic mass is 19.1. The maximum absolute atomic E-state index is 15.6. The second-order valence-corrected chi connectivity index (χ2v) is 9.43. The smallest absolute Gasteiger partial charge is 0.341 e. The number of carboxylic acid groups (broad SMARTS) is 1. The van der Waals surface area contributed by atoms with E-state index in [1.54, 1.807) is 11.5 Å². The van der Waals surface area contributed by atoms with E-state index in [0.717, 1.165) is 18.9 Å². The molecule has 190 valence electrons. The molecule has 0 amide bonds. The van der Waals surface area contributed by atoms with E-state index in [0.29, 0.717) is 25.2 Å². The summed E-state index contributed by atoms with van der Waals surface area (Å²) in [5.41, 5.74) is -0.478. The highest BCUT2D eigenvalue weighted by Crippen LogP contribution is 2.44. The van der Waals surface area contributed by atoms with Gasteiger partial charge in [0.15, 0.2) is 11.6 Å². The summed E-state index contributed by atoms with van der Waals surface area (Å²) in [5.74, 6) is -2.07. The van der Waals surface area contributed by atoms with Gasteiger partial charge in [0.25, 0.3) is 0 Å². The number of esters is 1. The lowest BCUT2D eigenvalue weighted by atomic mass is 10.0. The quantitative estimate of drug-likeness (QED) is 0.593. The summed E-state index contributed by atoms with van der Waals surface area (Å²) in [4.78, 5) is 40.9. The van der Waals surface area contributed by atoms with Gasteiger partial charge in [-0.3, -0.25) is 14.5 Å². The fourth-order valence-corrected chi connectivity index (χ4v) is 5.39. The number of aromatic carboxylic acids is 1. The minimum absolute atomic E-state index is 0.00873. The number of anilines is 1. The molecule has 0 spiro atoms. The lowest BCUT2D eigenvalue weighted by molar-refractivity contribution is -0.151. The van der Waals surface area contributed by atoms with Crippen LogP contribution in [0.3, 0.4) is 0 Å². The fraction of sp³-hybridized carbons (Fsp3) is 0.560. The van der Waals surface area contributed by atoms with E-state index in [2.05, 4.69) is 4.90 Å². The van der Waals surface area contributed by atoms with Crippen LogP contribution in [0, 0.1) is 5.82 Å². The Bertz CT molecular complexity index is 1210. The number of pyridine rings is 1. The number of carbonyl (C=O) groups excluding carboxylic acids is 1. The monoisotopic (exact) mass is 489 g/mol. The Labute approximate surface area is 203 Å². The first-order chi connectivity index (χ1) is 16.6. The predicted octanol–water partition coefficient (Wildman–Crippen LogP) is 3.03. The molecule has 1 unspecified atom stereocenters. The Hall–Kier alpha value is -3.14. The van der Waals surface area contributed by atoms with Crippen molar-refractivity contribution >= 4 is 28.5 Å². The van der Waals surface area contributed by atoms with Gasteiger partial charge in [-0.05, 0) is 46.6 Å². The van der Waals surface area contributed by atoms with Crippen LogP contribution in [0.2, 0.25) is 0 Å². The van der Waals surface area contributed by atoms with Crippen molar-refractivity contribution in [1.82, 2.24) is 9.47 Å². The number of carboxylic acids is 1. The molecule has 1 saturated carbocycles. The molecule has 2 heterocycles. The number of aromatic nitrogens is 1. The first-order valence-electron chi connectivity index (χ1n) is 12.0. The summed E-state index contributed by atoms with van der Waals surface area (Å²) in [6.45, 7) is 8.68. The van der Waals surface area contributed by atoms with Crippen LogP contribution in [-0.2, 0) is 9.53 Å². The van der Waals surface area contributed by atoms with Gasteiger partial charge in [-0.1, -0.05) is 0 Å². The van der Waals surface area contributed by atoms with Crippen molar-refractivity contribution in [2.75, 3.05) is 31.7 Å². The van der Waals surface area contributed by atoms with Crippen LogP contribution < -0.4 is 15.1 Å². The molecular weight excluding hydrogens is 457 g/mol. The average molecular weight is 490 g/mol. The number of halogens is 1. The SMILES string of the molecule is CCOC(=O)C(C)N1[C@H](C)CN(c2c(F)cc3c(=O)c(C(=O)O)cn(C4CC4)c3c2OC)C[C@@H]1C. The van der Waals surface area contributed by atoms with Gasteiger partial charge in [-0.25, -0.2) is 9.18 Å². The van der Waals surface area contributed by atoms with Crippen molar-refractivity contribution in [2.24, 2.45) is 0 Å². The van der Waals surface area contributed by atoms with Gasteiger partial charge in [-0.15, -0.1) is 0 Å². The van der Waals surface area contributed by atoms with Crippen LogP contribution >= 0.6 is 0 Å². The first kappa shape index (κ1) is 25.0. The molecule has 1 aromatic carbocycles. The Kier molecular flexibility index (Phi) is 6.77. The molecule has 35 heavy (non-hydrogen) atoms. The van der Waals surface area contributed by atoms with Crippen LogP contribution in [0.5, 0.6) is 5.75 Å². The van der Waals surface area contributed by atoms with E-state index < -0.39 is 23.3 Å². The number of carbonyl (C=O) groups is 2. The number of benzene rings is 1. The normalized spacial score (nSPS) is 21.7. The van der Waals surface area contributed by atoms with Gasteiger partial charge >= 0.3 is 11.9 Å². The van der Waals surface area contributed by atoms with Crippen molar-refractivity contribution in [3.05, 3.63) is 33.9 Å². The molecule has 2 fully saturated rings. The molecule has 9 nitrogen and oxygen atoms in total. The number of methoxy groups -OCH3 is 1. The zero-order chi connectivity index (χ0) is 25.6. The van der Waals surface area contributed by atoms with Crippen molar-refractivity contribution in [3.8, 4) is 5.75 Å². The van der Waals surface area contributed by atoms with Gasteiger partial charge in [0, 0.05) is 37.4 Å². The number of ether oxygens (including phenoxy) is 2. The number of fused-ring (bicyclic) bond motifs is 1. The molecule has 4 rings (SSSR count). The summed E-state index contributed by atoms with van der Waals surface area (Å²) in [5, 5.41) is 9.51. The van der Waals surface area contributed by atoms with Gasteiger partial charge in [0.2, 0.25) is 5.43 Å². The van der Waals surface area contributed by atoms with E-state index in [-0.39, 0.29) is 46.5 Å². The van der Waals surface area contributed by atoms with E-state index >= 15 is 4.39 Å². The maximum Gasteiger partial charge on any atom is 0.341 e. The van der Waals surface area contributed by atoms with Crippen LogP contribution in [0.15, 0.2) is 17.1 Å². The van der Waals surface area contributed by atoms with Crippen LogP contribution in [-0.4, -0.2) is 71.4 Å². The van der Waals surface area contributed by atoms with E-state index in [1.807, 2.05) is 25.7 Å². The molecule has 3 atom stereocenters. The van der Waals surface area contributed by atoms with Gasteiger partial charge in [0.1, 0.15) is 17.3 Å². The summed E-state index contributed by atoms with van der Waals surface area (Å²) in [6.07, 6.45) is 3.02. The van der Waals surface area contributed by atoms with Crippen molar-refractivity contribution in [1.29, 1.82) is 0 Å². The number of hydrogen-bond acceptors (Lipinski definition) is 7. The Morgan fingerprint density at radius 3 is 2.37 bits per heavy atom. The third-order valence-electron chi connectivity index (χ3n) is 6.95. The zero-order valence-electron chi connectivity index (χ0n) is 20.7. The van der Waals surface area contributed by atoms with Crippen LogP contribution in [0.25, 0.3) is 10.9 Å².